The molecule has 0 spiro atoms. The molecule has 0 aliphatic carbocycles. The molecule has 0 saturated carbocycles. The van der Waals surface area contributed by atoms with E-state index in [0.717, 1.165) is 26.0 Å². The first-order chi connectivity index (χ1) is 13.0. The van der Waals surface area contributed by atoms with Crippen LogP contribution in [0, 0.1) is 13.8 Å². The van der Waals surface area contributed by atoms with Gasteiger partial charge < -0.3 is 9.55 Å². The Hall–Kier alpha value is -2.16. The fraction of sp³-hybridized carbons (Fsp3) is 0.222. The number of aromatic amines is 1. The van der Waals surface area contributed by atoms with Crippen LogP contribution < -0.4 is 5.56 Å². The van der Waals surface area contributed by atoms with Crippen molar-refractivity contribution in [3.05, 3.63) is 55.9 Å². The summed E-state index contributed by atoms with van der Waals surface area (Å²) in [6.45, 7) is 3.96. The highest BCUT2D eigenvalue weighted by atomic mass is 35.5. The standard InChI is InChI=1S/C18H16ClN5OS2/c1-9-10(2)27-17-14(9)16(25)20-13(21-17)8-26-18-23-22-15(24(18)3)11-6-4-5-7-12(11)19/h4-7H,8H2,1-3H3,(H,20,21,25). The third-order valence-electron chi connectivity index (χ3n) is 4.38. The third kappa shape index (κ3) is 3.28. The number of hydrogen-bond donors (Lipinski definition) is 1. The molecular weight excluding hydrogens is 402 g/mol. The van der Waals surface area contributed by atoms with E-state index in [1.165, 1.54) is 11.8 Å². The van der Waals surface area contributed by atoms with Gasteiger partial charge in [-0.3, -0.25) is 4.79 Å². The molecule has 27 heavy (non-hydrogen) atoms. The minimum atomic E-state index is -0.0906. The van der Waals surface area contributed by atoms with Gasteiger partial charge in [-0.2, -0.15) is 0 Å². The van der Waals surface area contributed by atoms with Gasteiger partial charge in [0.1, 0.15) is 10.7 Å². The number of nitrogens with one attached hydrogen (secondary N) is 1. The number of H-pyrrole nitrogens is 1. The molecule has 0 bridgehead atoms. The maximum Gasteiger partial charge on any atom is 0.259 e. The Bertz CT molecular complexity index is 1210. The maximum atomic E-state index is 12.4. The van der Waals surface area contributed by atoms with E-state index in [0.29, 0.717) is 27.8 Å². The number of thiophene rings is 1. The summed E-state index contributed by atoms with van der Waals surface area (Å²) >= 11 is 9.28. The lowest BCUT2D eigenvalue weighted by Crippen LogP contribution is -2.11. The molecule has 0 amide bonds. The summed E-state index contributed by atoms with van der Waals surface area (Å²) in [7, 11) is 1.90. The molecule has 3 aromatic heterocycles. The summed E-state index contributed by atoms with van der Waals surface area (Å²) in [5.41, 5.74) is 1.74. The zero-order valence-corrected chi connectivity index (χ0v) is 17.3. The first-order valence-electron chi connectivity index (χ1n) is 8.21. The summed E-state index contributed by atoms with van der Waals surface area (Å²) in [5.74, 6) is 1.82. The highest BCUT2D eigenvalue weighted by Gasteiger charge is 2.15. The number of nitrogens with zero attached hydrogens (tertiary/aromatic N) is 4. The van der Waals surface area contributed by atoms with Crippen molar-refractivity contribution in [2.75, 3.05) is 0 Å². The molecule has 0 saturated heterocycles. The van der Waals surface area contributed by atoms with Crippen molar-refractivity contribution in [1.82, 2.24) is 24.7 Å². The van der Waals surface area contributed by atoms with Gasteiger partial charge in [0.2, 0.25) is 0 Å². The van der Waals surface area contributed by atoms with Crippen LogP contribution in [-0.2, 0) is 12.8 Å². The number of thioether (sulfide) groups is 1. The molecule has 9 heteroatoms. The average Bonchev–Trinajstić information content (AvgIpc) is 3.14. The van der Waals surface area contributed by atoms with Crippen LogP contribution in [0.5, 0.6) is 0 Å². The Labute approximate surface area is 168 Å². The van der Waals surface area contributed by atoms with E-state index in [-0.39, 0.29) is 5.56 Å². The monoisotopic (exact) mass is 417 g/mol. The molecule has 3 heterocycles. The molecule has 0 radical (unpaired) electrons. The second kappa shape index (κ2) is 7.10. The van der Waals surface area contributed by atoms with E-state index >= 15 is 0 Å². The van der Waals surface area contributed by atoms with Crippen molar-refractivity contribution in [3.63, 3.8) is 0 Å². The predicted octanol–water partition coefficient (Wildman–Crippen LogP) is 4.34. The minimum absolute atomic E-state index is 0.0906. The predicted molar refractivity (Wildman–Crippen MR) is 111 cm³/mol. The topological polar surface area (TPSA) is 76.5 Å². The normalized spacial score (nSPS) is 11.4. The van der Waals surface area contributed by atoms with Gasteiger partial charge in [0.25, 0.3) is 5.56 Å². The van der Waals surface area contributed by atoms with Crippen LogP contribution in [0.1, 0.15) is 16.3 Å². The first kappa shape index (κ1) is 18.2. The summed E-state index contributed by atoms with van der Waals surface area (Å²) in [6, 6.07) is 7.53. The molecule has 0 unspecified atom stereocenters. The number of aromatic nitrogens is 5. The van der Waals surface area contributed by atoms with E-state index in [1.54, 1.807) is 11.3 Å². The number of benzene rings is 1. The van der Waals surface area contributed by atoms with E-state index in [2.05, 4.69) is 20.2 Å². The maximum absolute atomic E-state index is 12.4. The van der Waals surface area contributed by atoms with Gasteiger partial charge in [0.05, 0.1) is 16.2 Å². The quantitative estimate of drug-likeness (QED) is 0.500. The van der Waals surface area contributed by atoms with Crippen LogP contribution in [0.25, 0.3) is 21.6 Å². The molecule has 6 nitrogen and oxygen atoms in total. The van der Waals surface area contributed by atoms with Crippen LogP contribution in [0.15, 0.2) is 34.2 Å². The zero-order chi connectivity index (χ0) is 19.1. The van der Waals surface area contributed by atoms with Crippen molar-refractivity contribution in [2.45, 2.75) is 24.8 Å². The van der Waals surface area contributed by atoms with Gasteiger partial charge in [-0.15, -0.1) is 21.5 Å². The number of aryl methyl sites for hydroxylation is 2. The van der Waals surface area contributed by atoms with Crippen molar-refractivity contribution in [1.29, 1.82) is 0 Å². The Morgan fingerprint density at radius 3 is 2.81 bits per heavy atom. The molecule has 4 aromatic rings. The molecule has 0 aliphatic heterocycles. The second-order valence-electron chi connectivity index (χ2n) is 6.11. The van der Waals surface area contributed by atoms with Gasteiger partial charge >= 0.3 is 0 Å². The Morgan fingerprint density at radius 1 is 1.26 bits per heavy atom. The summed E-state index contributed by atoms with van der Waals surface area (Å²) in [6.07, 6.45) is 0. The summed E-state index contributed by atoms with van der Waals surface area (Å²) in [5, 5.41) is 10.6. The Morgan fingerprint density at radius 2 is 2.04 bits per heavy atom. The minimum Gasteiger partial charge on any atom is -0.309 e. The van der Waals surface area contributed by atoms with Crippen LogP contribution in [0.2, 0.25) is 5.02 Å². The fourth-order valence-electron chi connectivity index (χ4n) is 2.82. The first-order valence-corrected chi connectivity index (χ1v) is 10.4. The fourth-order valence-corrected chi connectivity index (χ4v) is 4.87. The third-order valence-corrected chi connectivity index (χ3v) is 6.84. The lowest BCUT2D eigenvalue weighted by molar-refractivity contribution is 0.793. The molecule has 1 aromatic carbocycles. The van der Waals surface area contributed by atoms with Crippen molar-refractivity contribution < 1.29 is 0 Å². The van der Waals surface area contributed by atoms with Gasteiger partial charge in [-0.25, -0.2) is 4.98 Å². The van der Waals surface area contributed by atoms with E-state index < -0.39 is 0 Å². The number of halogens is 1. The molecule has 138 valence electrons. The molecule has 1 N–H and O–H groups in total. The number of rotatable bonds is 4. The van der Waals surface area contributed by atoms with Gasteiger partial charge in [-0.1, -0.05) is 35.5 Å². The zero-order valence-electron chi connectivity index (χ0n) is 14.9. The lowest BCUT2D eigenvalue weighted by atomic mass is 10.2. The van der Waals surface area contributed by atoms with Crippen molar-refractivity contribution in [3.8, 4) is 11.4 Å². The van der Waals surface area contributed by atoms with Crippen LogP contribution in [0.4, 0.5) is 0 Å². The Kier molecular flexibility index (Phi) is 4.79. The molecule has 0 aliphatic rings. The molecular formula is C18H16ClN5OS2. The average molecular weight is 418 g/mol. The van der Waals surface area contributed by atoms with Crippen LogP contribution in [-0.4, -0.2) is 24.7 Å². The van der Waals surface area contributed by atoms with Gasteiger partial charge in [0.15, 0.2) is 11.0 Å². The van der Waals surface area contributed by atoms with Crippen molar-refractivity contribution >= 4 is 44.9 Å². The lowest BCUT2D eigenvalue weighted by Gasteiger charge is -2.05. The molecule has 0 fully saturated rings. The number of hydrogen-bond acceptors (Lipinski definition) is 6. The SMILES string of the molecule is Cc1sc2nc(CSc3nnc(-c4ccccc4Cl)n3C)[nH]c(=O)c2c1C. The van der Waals surface area contributed by atoms with E-state index in [1.807, 2.05) is 49.7 Å². The highest BCUT2D eigenvalue weighted by molar-refractivity contribution is 7.98. The van der Waals surface area contributed by atoms with E-state index in [9.17, 15) is 4.79 Å². The summed E-state index contributed by atoms with van der Waals surface area (Å²) in [4.78, 5) is 21.8. The smallest absolute Gasteiger partial charge is 0.259 e. The van der Waals surface area contributed by atoms with Gasteiger partial charge in [0, 0.05) is 17.5 Å². The largest absolute Gasteiger partial charge is 0.309 e. The van der Waals surface area contributed by atoms with E-state index in [4.69, 9.17) is 11.6 Å². The van der Waals surface area contributed by atoms with Crippen LogP contribution in [0.3, 0.4) is 0 Å². The second-order valence-corrected chi connectivity index (χ2v) is 8.66. The van der Waals surface area contributed by atoms with Gasteiger partial charge in [-0.05, 0) is 31.5 Å². The Balaban J connectivity index is 1.61. The summed E-state index contributed by atoms with van der Waals surface area (Å²) < 4.78 is 1.89. The highest BCUT2D eigenvalue weighted by Crippen LogP contribution is 2.30. The molecule has 4 rings (SSSR count). The number of fused-ring (bicyclic) bond motifs is 1. The molecule has 0 atom stereocenters. The van der Waals surface area contributed by atoms with Crippen molar-refractivity contribution in [2.24, 2.45) is 7.05 Å². The van der Waals surface area contributed by atoms with Crippen LogP contribution >= 0.6 is 34.7 Å².